The lowest BCUT2D eigenvalue weighted by molar-refractivity contribution is -0.154. The third-order valence-electron chi connectivity index (χ3n) is 2.52. The monoisotopic (exact) mass is 290 g/mol. The standard InChI is InChI=1S/C13H22O3S2/c1-9(14)17-8-7-10-5-6-11(18-10)12(15)16-13(2,3)4/h10-11H,5-8H2,1-4H3/t10-,11-/m1/s1. The molecule has 1 fully saturated rings. The summed E-state index contributed by atoms with van der Waals surface area (Å²) in [5, 5.41) is 0.646. The molecule has 0 aromatic heterocycles. The van der Waals surface area contributed by atoms with Gasteiger partial charge >= 0.3 is 5.97 Å². The lowest BCUT2D eigenvalue weighted by atomic mass is 10.1. The van der Waals surface area contributed by atoms with Gasteiger partial charge in [0, 0.05) is 17.9 Å². The Kier molecular flexibility index (Phi) is 6.05. The molecular formula is C13H22O3S2. The predicted octanol–water partition coefficient (Wildman–Crippen LogP) is 3.26. The summed E-state index contributed by atoms with van der Waals surface area (Å²) in [7, 11) is 0. The van der Waals surface area contributed by atoms with Crippen LogP contribution < -0.4 is 0 Å². The van der Waals surface area contributed by atoms with Crippen LogP contribution in [0.3, 0.4) is 0 Å². The van der Waals surface area contributed by atoms with Crippen molar-refractivity contribution >= 4 is 34.6 Å². The van der Waals surface area contributed by atoms with Crippen LogP contribution in [0.15, 0.2) is 0 Å². The van der Waals surface area contributed by atoms with E-state index < -0.39 is 5.60 Å². The van der Waals surface area contributed by atoms with E-state index in [2.05, 4.69) is 0 Å². The molecule has 1 aliphatic heterocycles. The molecule has 1 rings (SSSR count). The van der Waals surface area contributed by atoms with Crippen molar-refractivity contribution < 1.29 is 14.3 Å². The first-order valence-electron chi connectivity index (χ1n) is 6.29. The Hall–Kier alpha value is -0.160. The SMILES string of the molecule is CC(=O)SCC[C@H]1CC[C@H](C(=O)OC(C)(C)C)S1. The summed E-state index contributed by atoms with van der Waals surface area (Å²) < 4.78 is 5.39. The quantitative estimate of drug-likeness (QED) is 0.744. The minimum Gasteiger partial charge on any atom is -0.459 e. The largest absolute Gasteiger partial charge is 0.459 e. The van der Waals surface area contributed by atoms with Gasteiger partial charge in [0.15, 0.2) is 5.12 Å². The first-order valence-corrected chi connectivity index (χ1v) is 8.22. The molecule has 104 valence electrons. The Balaban J connectivity index is 2.28. The van der Waals surface area contributed by atoms with E-state index in [1.165, 1.54) is 11.8 Å². The average Bonchev–Trinajstić information content (AvgIpc) is 2.63. The van der Waals surface area contributed by atoms with Crippen molar-refractivity contribution in [2.45, 2.75) is 63.1 Å². The molecule has 1 heterocycles. The van der Waals surface area contributed by atoms with E-state index in [0.717, 1.165) is 25.0 Å². The maximum absolute atomic E-state index is 11.9. The number of thioether (sulfide) groups is 2. The molecule has 3 nitrogen and oxygen atoms in total. The van der Waals surface area contributed by atoms with Gasteiger partial charge < -0.3 is 4.74 Å². The van der Waals surface area contributed by atoms with E-state index in [-0.39, 0.29) is 16.3 Å². The minimum atomic E-state index is -0.403. The number of carbonyl (C=O) groups is 2. The topological polar surface area (TPSA) is 43.4 Å². The molecule has 0 saturated carbocycles. The van der Waals surface area contributed by atoms with Crippen molar-refractivity contribution in [2.24, 2.45) is 0 Å². The summed E-state index contributed by atoms with van der Waals surface area (Å²) in [6.45, 7) is 7.28. The van der Waals surface area contributed by atoms with Crippen LogP contribution in [-0.2, 0) is 14.3 Å². The second kappa shape index (κ2) is 6.85. The average molecular weight is 290 g/mol. The van der Waals surface area contributed by atoms with Gasteiger partial charge in [0.2, 0.25) is 0 Å². The van der Waals surface area contributed by atoms with E-state index in [1.807, 2.05) is 20.8 Å². The molecule has 0 radical (unpaired) electrons. The first-order chi connectivity index (χ1) is 8.28. The summed E-state index contributed by atoms with van der Waals surface area (Å²) in [5.41, 5.74) is -0.403. The highest BCUT2D eigenvalue weighted by Crippen LogP contribution is 2.37. The van der Waals surface area contributed by atoms with Crippen LogP contribution >= 0.6 is 23.5 Å². The van der Waals surface area contributed by atoms with Gasteiger partial charge in [-0.2, -0.15) is 0 Å². The number of ether oxygens (including phenoxy) is 1. The summed E-state index contributed by atoms with van der Waals surface area (Å²) in [6.07, 6.45) is 2.94. The van der Waals surface area contributed by atoms with E-state index in [4.69, 9.17) is 4.74 Å². The molecule has 2 atom stereocenters. The van der Waals surface area contributed by atoms with Gasteiger partial charge in [-0.25, -0.2) is 0 Å². The van der Waals surface area contributed by atoms with Crippen LogP contribution in [0.25, 0.3) is 0 Å². The Morgan fingerprint density at radius 1 is 1.33 bits per heavy atom. The van der Waals surface area contributed by atoms with Crippen LogP contribution in [0.4, 0.5) is 0 Å². The minimum absolute atomic E-state index is 0.0171. The molecular weight excluding hydrogens is 268 g/mol. The molecule has 1 saturated heterocycles. The fourth-order valence-corrected chi connectivity index (χ4v) is 4.05. The molecule has 0 aliphatic carbocycles. The lowest BCUT2D eigenvalue weighted by Gasteiger charge is -2.21. The molecule has 18 heavy (non-hydrogen) atoms. The Morgan fingerprint density at radius 2 is 2.00 bits per heavy atom. The van der Waals surface area contributed by atoms with Gasteiger partial charge in [0.1, 0.15) is 10.9 Å². The molecule has 0 aromatic rings. The summed E-state index contributed by atoms with van der Waals surface area (Å²) >= 11 is 3.08. The van der Waals surface area contributed by atoms with E-state index in [9.17, 15) is 9.59 Å². The molecule has 5 heteroatoms. The van der Waals surface area contributed by atoms with Crippen molar-refractivity contribution in [3.05, 3.63) is 0 Å². The maximum Gasteiger partial charge on any atom is 0.319 e. The third-order valence-corrected chi connectivity index (χ3v) is 4.98. The van der Waals surface area contributed by atoms with Crippen molar-refractivity contribution in [3.8, 4) is 0 Å². The first kappa shape index (κ1) is 15.9. The zero-order chi connectivity index (χ0) is 13.8. The highest BCUT2D eigenvalue weighted by molar-refractivity contribution is 8.13. The molecule has 0 N–H and O–H groups in total. The van der Waals surface area contributed by atoms with Crippen molar-refractivity contribution in [3.63, 3.8) is 0 Å². The van der Waals surface area contributed by atoms with Gasteiger partial charge in [0.05, 0.1) is 0 Å². The normalized spacial score (nSPS) is 24.0. The molecule has 0 bridgehead atoms. The van der Waals surface area contributed by atoms with Crippen LogP contribution in [0.1, 0.15) is 47.0 Å². The lowest BCUT2D eigenvalue weighted by Crippen LogP contribution is -2.29. The van der Waals surface area contributed by atoms with Crippen LogP contribution in [0, 0.1) is 0 Å². The summed E-state index contributed by atoms with van der Waals surface area (Å²) in [5.74, 6) is 0.767. The molecule has 1 aliphatic rings. The number of rotatable bonds is 4. The second-order valence-electron chi connectivity index (χ2n) is 5.49. The van der Waals surface area contributed by atoms with Crippen molar-refractivity contribution in [2.75, 3.05) is 5.75 Å². The smallest absolute Gasteiger partial charge is 0.319 e. The molecule has 0 unspecified atom stereocenters. The highest BCUT2D eigenvalue weighted by Gasteiger charge is 2.33. The van der Waals surface area contributed by atoms with Crippen molar-refractivity contribution in [1.82, 2.24) is 0 Å². The molecule has 0 spiro atoms. The number of hydrogen-bond donors (Lipinski definition) is 0. The van der Waals surface area contributed by atoms with Gasteiger partial charge in [-0.1, -0.05) is 11.8 Å². The molecule has 0 amide bonds. The van der Waals surface area contributed by atoms with Crippen LogP contribution in [-0.4, -0.2) is 32.9 Å². The number of carbonyl (C=O) groups excluding carboxylic acids is 2. The van der Waals surface area contributed by atoms with E-state index in [0.29, 0.717) is 5.25 Å². The fourth-order valence-electron chi connectivity index (χ4n) is 1.79. The summed E-state index contributed by atoms with van der Waals surface area (Å²) in [6, 6.07) is 0. The van der Waals surface area contributed by atoms with Crippen molar-refractivity contribution in [1.29, 1.82) is 0 Å². The number of hydrogen-bond acceptors (Lipinski definition) is 5. The Morgan fingerprint density at radius 3 is 2.56 bits per heavy atom. The summed E-state index contributed by atoms with van der Waals surface area (Å²) in [4.78, 5) is 22.7. The fraction of sp³-hybridized carbons (Fsp3) is 0.846. The number of esters is 1. The third kappa shape index (κ3) is 6.14. The maximum atomic E-state index is 11.9. The van der Waals surface area contributed by atoms with Gasteiger partial charge in [-0.3, -0.25) is 9.59 Å². The molecule has 0 aromatic carbocycles. The zero-order valence-corrected chi connectivity index (χ0v) is 13.2. The van der Waals surface area contributed by atoms with E-state index >= 15 is 0 Å². The predicted molar refractivity (Wildman–Crippen MR) is 78.0 cm³/mol. The van der Waals surface area contributed by atoms with E-state index in [1.54, 1.807) is 18.7 Å². The second-order valence-corrected chi connectivity index (χ2v) is 8.27. The highest BCUT2D eigenvalue weighted by atomic mass is 32.2. The van der Waals surface area contributed by atoms with Gasteiger partial charge in [-0.15, -0.1) is 11.8 Å². The van der Waals surface area contributed by atoms with Crippen LogP contribution in [0.5, 0.6) is 0 Å². The zero-order valence-electron chi connectivity index (χ0n) is 11.5. The Labute approximate surface area is 118 Å². The van der Waals surface area contributed by atoms with Crippen LogP contribution in [0.2, 0.25) is 0 Å². The Bertz CT molecular complexity index is 310. The van der Waals surface area contributed by atoms with Gasteiger partial charge in [0.25, 0.3) is 0 Å². The van der Waals surface area contributed by atoms with Gasteiger partial charge in [-0.05, 0) is 40.0 Å².